The predicted octanol–water partition coefficient (Wildman–Crippen LogP) is 1.76. The Kier molecular flexibility index (Phi) is 2.02. The fourth-order valence-electron chi connectivity index (χ4n) is 2.98. The summed E-state index contributed by atoms with van der Waals surface area (Å²) >= 11 is 0. The summed E-state index contributed by atoms with van der Waals surface area (Å²) in [6.07, 6.45) is 9.22. The largest absolute Gasteiger partial charge is 0.311 e. The van der Waals surface area contributed by atoms with Gasteiger partial charge in [-0.1, -0.05) is 6.07 Å². The van der Waals surface area contributed by atoms with Crippen LogP contribution in [0.3, 0.4) is 0 Å². The molecule has 1 N–H and O–H groups in total. The molecule has 14 heavy (non-hydrogen) atoms. The van der Waals surface area contributed by atoms with Gasteiger partial charge in [-0.25, -0.2) is 0 Å². The molecule has 2 aliphatic rings. The molecule has 2 bridgehead atoms. The van der Waals surface area contributed by atoms with E-state index in [9.17, 15) is 0 Å². The molecule has 1 aromatic rings. The zero-order chi connectivity index (χ0) is 9.38. The van der Waals surface area contributed by atoms with Crippen LogP contribution >= 0.6 is 0 Å². The van der Waals surface area contributed by atoms with Crippen molar-refractivity contribution < 1.29 is 0 Å². The maximum atomic E-state index is 4.17. The lowest BCUT2D eigenvalue weighted by molar-refractivity contribution is 0.404. The molecule has 0 spiro atoms. The topological polar surface area (TPSA) is 24.9 Å². The lowest BCUT2D eigenvalue weighted by Gasteiger charge is -2.19. The Bertz CT molecular complexity index is 309. The van der Waals surface area contributed by atoms with Gasteiger partial charge in [-0.15, -0.1) is 0 Å². The van der Waals surface area contributed by atoms with Crippen molar-refractivity contribution in [3.05, 3.63) is 30.1 Å². The van der Waals surface area contributed by atoms with E-state index < -0.39 is 0 Å². The highest BCUT2D eigenvalue weighted by Gasteiger charge is 2.38. The van der Waals surface area contributed by atoms with Crippen LogP contribution in [0.25, 0.3) is 0 Å². The Labute approximate surface area is 84.7 Å². The molecule has 0 radical (unpaired) electrons. The van der Waals surface area contributed by atoms with Crippen LogP contribution in [0.2, 0.25) is 0 Å². The van der Waals surface area contributed by atoms with E-state index in [2.05, 4.69) is 16.4 Å². The molecule has 2 fully saturated rings. The van der Waals surface area contributed by atoms with Gasteiger partial charge in [0.05, 0.1) is 0 Å². The van der Waals surface area contributed by atoms with Gasteiger partial charge in [-0.05, 0) is 43.2 Å². The van der Waals surface area contributed by atoms with Crippen LogP contribution in [0.1, 0.15) is 24.8 Å². The fourth-order valence-corrected chi connectivity index (χ4v) is 2.98. The Hall–Kier alpha value is -0.890. The third-order valence-corrected chi connectivity index (χ3v) is 3.65. The molecule has 1 aromatic heterocycles. The minimum Gasteiger partial charge on any atom is -0.311 e. The van der Waals surface area contributed by atoms with Crippen LogP contribution in [-0.2, 0) is 6.42 Å². The summed E-state index contributed by atoms with van der Waals surface area (Å²) in [4.78, 5) is 4.17. The molecule has 0 saturated carbocycles. The number of pyridine rings is 1. The minimum atomic E-state index is 0.792. The molecule has 74 valence electrons. The summed E-state index contributed by atoms with van der Waals surface area (Å²) < 4.78 is 0. The summed E-state index contributed by atoms with van der Waals surface area (Å²) in [5, 5.41) is 3.68. The molecule has 2 heteroatoms. The second-order valence-corrected chi connectivity index (χ2v) is 4.61. The van der Waals surface area contributed by atoms with Crippen molar-refractivity contribution in [2.24, 2.45) is 5.92 Å². The van der Waals surface area contributed by atoms with Gasteiger partial charge in [0.1, 0.15) is 0 Å². The standard InChI is InChI=1S/C12H16N2/c1-2-9(8-13-5-1)6-10-7-11-3-4-12(10)14-11/h1-2,5,8,10-12,14H,3-4,6-7H2. The van der Waals surface area contributed by atoms with Crippen LogP contribution in [0.15, 0.2) is 24.5 Å². The zero-order valence-corrected chi connectivity index (χ0v) is 8.32. The highest BCUT2D eigenvalue weighted by Crippen LogP contribution is 2.34. The lowest BCUT2D eigenvalue weighted by Crippen LogP contribution is -2.24. The smallest absolute Gasteiger partial charge is 0.0299 e. The molecule has 3 atom stereocenters. The van der Waals surface area contributed by atoms with Crippen LogP contribution < -0.4 is 5.32 Å². The molecule has 3 unspecified atom stereocenters. The number of fused-ring (bicyclic) bond motifs is 2. The van der Waals surface area contributed by atoms with Crippen LogP contribution in [-0.4, -0.2) is 17.1 Å². The van der Waals surface area contributed by atoms with Crippen LogP contribution in [0.5, 0.6) is 0 Å². The van der Waals surface area contributed by atoms with E-state index in [1.165, 1.54) is 31.2 Å². The maximum Gasteiger partial charge on any atom is 0.0299 e. The molecule has 2 aliphatic heterocycles. The highest BCUT2D eigenvalue weighted by atomic mass is 15.0. The van der Waals surface area contributed by atoms with E-state index in [4.69, 9.17) is 0 Å². The third kappa shape index (κ3) is 1.44. The quantitative estimate of drug-likeness (QED) is 0.765. The molecule has 0 aromatic carbocycles. The monoisotopic (exact) mass is 188 g/mol. The summed E-state index contributed by atoms with van der Waals surface area (Å²) in [6.45, 7) is 0. The minimum absolute atomic E-state index is 0.792. The third-order valence-electron chi connectivity index (χ3n) is 3.65. The summed E-state index contributed by atoms with van der Waals surface area (Å²) in [5.74, 6) is 0.859. The van der Waals surface area contributed by atoms with E-state index in [0.717, 1.165) is 18.0 Å². The zero-order valence-electron chi connectivity index (χ0n) is 8.32. The van der Waals surface area contributed by atoms with E-state index in [1.807, 2.05) is 18.5 Å². The molecule has 3 heterocycles. The van der Waals surface area contributed by atoms with Gasteiger partial charge < -0.3 is 5.32 Å². The van der Waals surface area contributed by atoms with Gasteiger partial charge in [0, 0.05) is 24.5 Å². The first-order valence-electron chi connectivity index (χ1n) is 5.57. The van der Waals surface area contributed by atoms with Gasteiger partial charge in [-0.2, -0.15) is 0 Å². The van der Waals surface area contributed by atoms with Crippen molar-refractivity contribution in [3.63, 3.8) is 0 Å². The SMILES string of the molecule is c1cncc(CC2CC3CCC2N3)c1. The molecule has 0 amide bonds. The maximum absolute atomic E-state index is 4.17. The van der Waals surface area contributed by atoms with Crippen LogP contribution in [0.4, 0.5) is 0 Å². The number of nitrogens with one attached hydrogen (secondary N) is 1. The normalized spacial score (nSPS) is 35.0. The number of hydrogen-bond acceptors (Lipinski definition) is 2. The van der Waals surface area contributed by atoms with Crippen molar-refractivity contribution in [1.82, 2.24) is 10.3 Å². The van der Waals surface area contributed by atoms with Gasteiger partial charge in [0.25, 0.3) is 0 Å². The van der Waals surface area contributed by atoms with Gasteiger partial charge >= 0.3 is 0 Å². The van der Waals surface area contributed by atoms with E-state index in [0.29, 0.717) is 0 Å². The van der Waals surface area contributed by atoms with Gasteiger partial charge in [0.15, 0.2) is 0 Å². The van der Waals surface area contributed by atoms with E-state index >= 15 is 0 Å². The number of rotatable bonds is 2. The second kappa shape index (κ2) is 3.35. The molecule has 2 saturated heterocycles. The average molecular weight is 188 g/mol. The first-order chi connectivity index (χ1) is 6.92. The number of aromatic nitrogens is 1. The van der Waals surface area contributed by atoms with E-state index in [-0.39, 0.29) is 0 Å². The fraction of sp³-hybridized carbons (Fsp3) is 0.583. The van der Waals surface area contributed by atoms with Crippen molar-refractivity contribution in [2.75, 3.05) is 0 Å². The van der Waals surface area contributed by atoms with Crippen molar-refractivity contribution >= 4 is 0 Å². The van der Waals surface area contributed by atoms with Gasteiger partial charge in [-0.3, -0.25) is 4.98 Å². The summed E-state index contributed by atoms with van der Waals surface area (Å²) in [6, 6.07) is 5.84. The van der Waals surface area contributed by atoms with Crippen molar-refractivity contribution in [3.8, 4) is 0 Å². The summed E-state index contributed by atoms with van der Waals surface area (Å²) in [7, 11) is 0. The Balaban J connectivity index is 1.69. The number of nitrogens with zero attached hydrogens (tertiary/aromatic N) is 1. The Morgan fingerprint density at radius 1 is 1.43 bits per heavy atom. The molecular weight excluding hydrogens is 172 g/mol. The van der Waals surface area contributed by atoms with Crippen LogP contribution in [0, 0.1) is 5.92 Å². The number of hydrogen-bond donors (Lipinski definition) is 1. The highest BCUT2D eigenvalue weighted by molar-refractivity contribution is 5.12. The Morgan fingerprint density at radius 2 is 2.43 bits per heavy atom. The predicted molar refractivity (Wildman–Crippen MR) is 56.0 cm³/mol. The van der Waals surface area contributed by atoms with E-state index in [1.54, 1.807) is 0 Å². The molecule has 0 aliphatic carbocycles. The average Bonchev–Trinajstić information content (AvgIpc) is 2.81. The first kappa shape index (κ1) is 8.42. The van der Waals surface area contributed by atoms with Crippen molar-refractivity contribution in [2.45, 2.75) is 37.8 Å². The lowest BCUT2D eigenvalue weighted by atomic mass is 9.85. The molecule has 3 rings (SSSR count). The molecular formula is C12H16N2. The molecule has 2 nitrogen and oxygen atoms in total. The van der Waals surface area contributed by atoms with Crippen molar-refractivity contribution in [1.29, 1.82) is 0 Å². The second-order valence-electron chi connectivity index (χ2n) is 4.61. The first-order valence-corrected chi connectivity index (χ1v) is 5.57. The summed E-state index contributed by atoms with van der Waals surface area (Å²) in [5.41, 5.74) is 1.40. The Morgan fingerprint density at radius 3 is 3.07 bits per heavy atom. The van der Waals surface area contributed by atoms with Gasteiger partial charge in [0.2, 0.25) is 0 Å².